The summed E-state index contributed by atoms with van der Waals surface area (Å²) in [6.45, 7) is -0.384. The Bertz CT molecular complexity index is 997. The Balaban J connectivity index is 1.58. The van der Waals surface area contributed by atoms with Crippen LogP contribution in [-0.2, 0) is 26.1 Å². The smallest absolute Gasteiger partial charge is 0.241 e. The quantitative estimate of drug-likeness (QED) is 0.546. The van der Waals surface area contributed by atoms with Crippen LogP contribution >= 0.6 is 0 Å². The first kappa shape index (κ1) is 22.1. The van der Waals surface area contributed by atoms with E-state index in [4.69, 9.17) is 4.74 Å². The topological polar surface area (TPSA) is 105 Å². The molecule has 0 fully saturated rings. The lowest BCUT2D eigenvalue weighted by Gasteiger charge is -2.31. The third-order valence-corrected chi connectivity index (χ3v) is 6.10. The molecule has 3 atom stereocenters. The number of sulfonamides is 1. The van der Waals surface area contributed by atoms with Gasteiger partial charge in [-0.2, -0.15) is 0 Å². The molecule has 0 radical (unpaired) electrons. The van der Waals surface area contributed by atoms with Gasteiger partial charge in [-0.3, -0.25) is 4.79 Å². The highest BCUT2D eigenvalue weighted by atomic mass is 32.2. The fraction of sp³-hybridized carbons (Fsp3) is 0.286. The van der Waals surface area contributed by atoms with Crippen LogP contribution in [0.15, 0.2) is 71.6 Å². The second-order valence-corrected chi connectivity index (χ2v) is 8.53. The zero-order valence-electron chi connectivity index (χ0n) is 16.1. The molecule has 2 aromatic carbocycles. The summed E-state index contributed by atoms with van der Waals surface area (Å²) in [6.07, 6.45) is 1.62. The van der Waals surface area contributed by atoms with Crippen molar-refractivity contribution in [2.24, 2.45) is 0 Å². The van der Waals surface area contributed by atoms with Gasteiger partial charge in [-0.15, -0.1) is 0 Å². The summed E-state index contributed by atoms with van der Waals surface area (Å²) in [5.74, 6) is -0.756. The van der Waals surface area contributed by atoms with Gasteiger partial charge in [0.05, 0.1) is 30.1 Å². The number of amides is 1. The minimum Gasteiger partial charge on any atom is -0.394 e. The van der Waals surface area contributed by atoms with E-state index in [-0.39, 0.29) is 23.8 Å². The number of nitrogens with one attached hydrogen (secondary N) is 2. The summed E-state index contributed by atoms with van der Waals surface area (Å²) in [5.41, 5.74) is 0.370. The van der Waals surface area contributed by atoms with Gasteiger partial charge < -0.3 is 15.2 Å². The minimum absolute atomic E-state index is 0.0421. The number of rotatable bonds is 8. The second-order valence-electron chi connectivity index (χ2n) is 6.81. The lowest BCUT2D eigenvalue weighted by atomic mass is 10.1. The molecule has 30 heavy (non-hydrogen) atoms. The third kappa shape index (κ3) is 5.73. The lowest BCUT2D eigenvalue weighted by molar-refractivity contribution is -0.125. The van der Waals surface area contributed by atoms with Crippen LogP contribution in [0.3, 0.4) is 0 Å². The molecule has 0 spiro atoms. The van der Waals surface area contributed by atoms with Gasteiger partial charge in [-0.1, -0.05) is 48.6 Å². The van der Waals surface area contributed by atoms with E-state index in [0.29, 0.717) is 5.56 Å². The highest BCUT2D eigenvalue weighted by Crippen LogP contribution is 2.18. The molecule has 1 aliphatic heterocycles. The summed E-state index contributed by atoms with van der Waals surface area (Å²) in [7, 11) is -3.79. The zero-order valence-corrected chi connectivity index (χ0v) is 16.9. The van der Waals surface area contributed by atoms with E-state index >= 15 is 0 Å². The van der Waals surface area contributed by atoms with E-state index in [1.54, 1.807) is 48.6 Å². The van der Waals surface area contributed by atoms with Crippen molar-refractivity contribution in [3.05, 3.63) is 78.1 Å². The van der Waals surface area contributed by atoms with Crippen molar-refractivity contribution in [3.8, 4) is 0 Å². The number of benzene rings is 2. The Kier molecular flexibility index (Phi) is 7.33. The van der Waals surface area contributed by atoms with Crippen molar-refractivity contribution in [2.75, 3.05) is 6.61 Å². The predicted molar refractivity (Wildman–Crippen MR) is 108 cm³/mol. The van der Waals surface area contributed by atoms with E-state index in [9.17, 15) is 22.7 Å². The molecule has 0 aromatic heterocycles. The summed E-state index contributed by atoms with van der Waals surface area (Å²) < 4.78 is 46.8. The number of carbonyl (C=O) groups excluding carboxylic acids is 1. The Morgan fingerprint density at radius 3 is 2.47 bits per heavy atom. The molecule has 1 heterocycles. The van der Waals surface area contributed by atoms with Crippen LogP contribution in [-0.4, -0.2) is 44.3 Å². The van der Waals surface area contributed by atoms with Gasteiger partial charge in [-0.05, 0) is 18.2 Å². The Hall–Kier alpha value is -2.59. The molecule has 0 aliphatic carbocycles. The molecule has 2 aromatic rings. The monoisotopic (exact) mass is 434 g/mol. The Morgan fingerprint density at radius 1 is 1.07 bits per heavy atom. The number of hydrogen-bond acceptors (Lipinski definition) is 5. The maximum absolute atomic E-state index is 13.6. The number of carbonyl (C=O) groups is 1. The standard InChI is InChI=1S/C21H23FN2O5S/c22-18-9-5-4-6-15(18)13-23-21(26)12-16-10-11-19(20(14-25)29-16)24-30(27,28)17-7-2-1-3-8-17/h1-11,16,19-20,24-25H,12-14H2,(H,23,26)/t16-,19-,20-/m0/s1. The maximum Gasteiger partial charge on any atom is 0.241 e. The van der Waals surface area contributed by atoms with Gasteiger partial charge in [-0.25, -0.2) is 17.5 Å². The summed E-state index contributed by atoms with van der Waals surface area (Å²) >= 11 is 0. The molecule has 1 aliphatic rings. The molecule has 3 rings (SSSR count). The van der Waals surface area contributed by atoms with E-state index in [0.717, 1.165) is 0 Å². The van der Waals surface area contributed by atoms with Crippen molar-refractivity contribution in [1.29, 1.82) is 0 Å². The van der Waals surface area contributed by atoms with Crippen molar-refractivity contribution in [2.45, 2.75) is 36.1 Å². The van der Waals surface area contributed by atoms with Gasteiger partial charge in [0.2, 0.25) is 15.9 Å². The normalized spacial score (nSPS) is 21.3. The highest BCUT2D eigenvalue weighted by molar-refractivity contribution is 7.89. The Morgan fingerprint density at radius 2 is 1.77 bits per heavy atom. The highest BCUT2D eigenvalue weighted by Gasteiger charge is 2.31. The first-order valence-electron chi connectivity index (χ1n) is 9.41. The van der Waals surface area contributed by atoms with Gasteiger partial charge in [0.25, 0.3) is 0 Å². The Labute approximate surface area is 174 Å². The van der Waals surface area contributed by atoms with E-state index in [1.165, 1.54) is 18.2 Å². The maximum atomic E-state index is 13.6. The summed E-state index contributed by atoms with van der Waals surface area (Å²) in [5, 5.41) is 12.3. The lowest BCUT2D eigenvalue weighted by Crippen LogP contribution is -2.49. The number of hydrogen-bond donors (Lipinski definition) is 3. The molecule has 0 saturated carbocycles. The molecular formula is C21H23FN2O5S. The fourth-order valence-corrected chi connectivity index (χ4v) is 4.29. The first-order chi connectivity index (χ1) is 14.4. The second kappa shape index (κ2) is 9.94. The average Bonchev–Trinajstić information content (AvgIpc) is 2.74. The van der Waals surface area contributed by atoms with Crippen molar-refractivity contribution in [1.82, 2.24) is 10.0 Å². The number of halogens is 1. The van der Waals surface area contributed by atoms with Gasteiger partial charge >= 0.3 is 0 Å². The number of aliphatic hydroxyl groups is 1. The fourth-order valence-electron chi connectivity index (χ4n) is 3.05. The van der Waals surface area contributed by atoms with Crippen LogP contribution < -0.4 is 10.0 Å². The average molecular weight is 434 g/mol. The van der Waals surface area contributed by atoms with Crippen LogP contribution in [0.25, 0.3) is 0 Å². The van der Waals surface area contributed by atoms with Crippen molar-refractivity contribution in [3.63, 3.8) is 0 Å². The zero-order chi connectivity index (χ0) is 21.6. The minimum atomic E-state index is -3.79. The molecular weight excluding hydrogens is 411 g/mol. The number of aliphatic hydroxyl groups excluding tert-OH is 1. The van der Waals surface area contributed by atoms with Crippen LogP contribution in [0, 0.1) is 5.82 Å². The summed E-state index contributed by atoms with van der Waals surface area (Å²) in [6, 6.07) is 13.2. The molecule has 160 valence electrons. The predicted octanol–water partition coefficient (Wildman–Crippen LogP) is 1.49. The molecule has 0 unspecified atom stereocenters. The molecule has 9 heteroatoms. The van der Waals surface area contributed by atoms with Crippen LogP contribution in [0.5, 0.6) is 0 Å². The van der Waals surface area contributed by atoms with E-state index < -0.39 is 40.7 Å². The van der Waals surface area contributed by atoms with Crippen LogP contribution in [0.4, 0.5) is 4.39 Å². The van der Waals surface area contributed by atoms with Gasteiger partial charge in [0.1, 0.15) is 11.9 Å². The largest absolute Gasteiger partial charge is 0.394 e. The summed E-state index contributed by atoms with van der Waals surface area (Å²) in [4.78, 5) is 12.3. The van der Waals surface area contributed by atoms with Crippen molar-refractivity contribution < 1.29 is 27.4 Å². The van der Waals surface area contributed by atoms with Crippen molar-refractivity contribution >= 4 is 15.9 Å². The SMILES string of the molecule is O=C(C[C@@H]1C=C[C@H](NS(=O)(=O)c2ccccc2)[C@H](CO)O1)NCc1ccccc1F. The number of ether oxygens (including phenoxy) is 1. The van der Waals surface area contributed by atoms with E-state index in [1.807, 2.05) is 0 Å². The van der Waals surface area contributed by atoms with E-state index in [2.05, 4.69) is 10.0 Å². The van der Waals surface area contributed by atoms with Gasteiger partial charge in [0.15, 0.2) is 0 Å². The molecule has 0 bridgehead atoms. The molecule has 3 N–H and O–H groups in total. The van der Waals surface area contributed by atoms with Crippen LogP contribution in [0.2, 0.25) is 0 Å². The molecule has 7 nitrogen and oxygen atoms in total. The molecule has 0 saturated heterocycles. The first-order valence-corrected chi connectivity index (χ1v) is 10.9. The van der Waals surface area contributed by atoms with Crippen LogP contribution in [0.1, 0.15) is 12.0 Å². The molecule has 1 amide bonds. The third-order valence-electron chi connectivity index (χ3n) is 4.63. The van der Waals surface area contributed by atoms with Gasteiger partial charge in [0, 0.05) is 12.1 Å².